The second kappa shape index (κ2) is 11.1. The van der Waals surface area contributed by atoms with Gasteiger partial charge in [-0.05, 0) is 53.9 Å². The van der Waals surface area contributed by atoms with Crippen LogP contribution in [0.15, 0.2) is 83.9 Å². The second-order valence-electron chi connectivity index (χ2n) is 8.74. The van der Waals surface area contributed by atoms with Gasteiger partial charge >= 0.3 is 0 Å². The minimum atomic E-state index is -0.552. The fraction of sp³-hybridized carbons (Fsp3) is 0.207. The molecule has 1 fully saturated rings. The van der Waals surface area contributed by atoms with E-state index in [1.807, 2.05) is 42.5 Å². The number of likely N-dealkylation sites (tertiary alicyclic amines) is 1. The van der Waals surface area contributed by atoms with Crippen LogP contribution in [-0.2, 0) is 4.79 Å². The quantitative estimate of drug-likeness (QED) is 0.492. The van der Waals surface area contributed by atoms with E-state index in [0.717, 1.165) is 16.8 Å². The van der Waals surface area contributed by atoms with E-state index in [9.17, 15) is 14.9 Å². The third-order valence-electron chi connectivity index (χ3n) is 6.15. The summed E-state index contributed by atoms with van der Waals surface area (Å²) in [6.45, 7) is 0.258. The van der Waals surface area contributed by atoms with E-state index in [1.165, 1.54) is 9.80 Å². The topological polar surface area (TPSA) is 101 Å². The summed E-state index contributed by atoms with van der Waals surface area (Å²) in [7, 11) is 1.58. The smallest absolute Gasteiger partial charge is 0.254 e. The highest BCUT2D eigenvalue weighted by Crippen LogP contribution is 2.24. The first kappa shape index (κ1) is 24.4. The number of hydrogen-bond acceptors (Lipinski definition) is 5. The molecule has 2 amide bonds. The normalized spacial score (nSPS) is 16.9. The lowest BCUT2D eigenvalue weighted by molar-refractivity contribution is -0.131. The first-order valence-electron chi connectivity index (χ1n) is 11.6. The molecule has 1 aliphatic heterocycles. The van der Waals surface area contributed by atoms with Gasteiger partial charge in [-0.2, -0.15) is 10.5 Å². The van der Waals surface area contributed by atoms with E-state index in [2.05, 4.69) is 17.1 Å². The molecule has 3 aromatic carbocycles. The number of carbonyl (C=O) groups is 2. The van der Waals surface area contributed by atoms with Crippen LogP contribution in [0, 0.1) is 28.6 Å². The van der Waals surface area contributed by atoms with Crippen molar-refractivity contribution in [3.05, 3.63) is 90.0 Å². The Labute approximate surface area is 210 Å². The van der Waals surface area contributed by atoms with Crippen LogP contribution >= 0.6 is 0 Å². The molecule has 4 rings (SSSR count). The van der Waals surface area contributed by atoms with E-state index in [1.54, 1.807) is 49.7 Å². The van der Waals surface area contributed by atoms with Crippen molar-refractivity contribution < 1.29 is 9.59 Å². The molecule has 7 nitrogen and oxygen atoms in total. The van der Waals surface area contributed by atoms with Crippen molar-refractivity contribution in [2.45, 2.75) is 12.5 Å². The predicted octanol–water partition coefficient (Wildman–Crippen LogP) is 4.44. The van der Waals surface area contributed by atoms with Crippen molar-refractivity contribution in [3.8, 4) is 23.3 Å². The SMILES string of the molecule is CN(CC(=O)N1CC(C=Nc2ccccc2)CC1C#N)C(=O)c1cccc(-c2cccc(C#N)c2)c1. The van der Waals surface area contributed by atoms with Gasteiger partial charge in [0.25, 0.3) is 5.91 Å². The molecular formula is C29H25N5O2. The van der Waals surface area contributed by atoms with Crippen molar-refractivity contribution in [2.75, 3.05) is 20.1 Å². The van der Waals surface area contributed by atoms with Crippen LogP contribution in [0.4, 0.5) is 5.69 Å². The number of hydrogen-bond donors (Lipinski definition) is 0. The number of amides is 2. The lowest BCUT2D eigenvalue weighted by atomic mass is 10.0. The fourth-order valence-corrected chi connectivity index (χ4v) is 4.27. The Hall–Kier alpha value is -4.75. The summed E-state index contributed by atoms with van der Waals surface area (Å²) in [5.74, 6) is -0.594. The average Bonchev–Trinajstić information content (AvgIpc) is 3.35. The highest BCUT2D eigenvalue weighted by molar-refractivity contribution is 5.97. The van der Waals surface area contributed by atoms with Gasteiger partial charge in [0.2, 0.25) is 5.91 Å². The molecule has 0 bridgehead atoms. The maximum atomic E-state index is 13.1. The third-order valence-corrected chi connectivity index (χ3v) is 6.15. The van der Waals surface area contributed by atoms with Crippen LogP contribution in [0.1, 0.15) is 22.3 Å². The molecule has 1 saturated heterocycles. The third kappa shape index (κ3) is 5.65. The summed E-state index contributed by atoms with van der Waals surface area (Å²) in [6.07, 6.45) is 2.31. The molecule has 0 aromatic heterocycles. The van der Waals surface area contributed by atoms with E-state index in [-0.39, 0.29) is 24.3 Å². The second-order valence-corrected chi connectivity index (χ2v) is 8.74. The molecule has 0 aliphatic carbocycles. The van der Waals surface area contributed by atoms with Crippen LogP contribution < -0.4 is 0 Å². The highest BCUT2D eigenvalue weighted by Gasteiger charge is 2.35. The Morgan fingerprint density at radius 2 is 1.75 bits per heavy atom. The van der Waals surface area contributed by atoms with Crippen molar-refractivity contribution >= 4 is 23.7 Å². The Balaban J connectivity index is 1.42. The number of nitriles is 2. The first-order valence-corrected chi connectivity index (χ1v) is 11.6. The van der Waals surface area contributed by atoms with Crippen LogP contribution in [0.2, 0.25) is 0 Å². The Morgan fingerprint density at radius 3 is 2.47 bits per heavy atom. The van der Waals surface area contributed by atoms with Gasteiger partial charge in [-0.1, -0.05) is 42.5 Å². The summed E-state index contributed by atoms with van der Waals surface area (Å²) in [4.78, 5) is 33.5. The minimum Gasteiger partial charge on any atom is -0.332 e. The Kier molecular flexibility index (Phi) is 7.53. The largest absolute Gasteiger partial charge is 0.332 e. The highest BCUT2D eigenvalue weighted by atomic mass is 16.2. The molecule has 1 heterocycles. The lowest BCUT2D eigenvalue weighted by Gasteiger charge is -2.24. The first-order chi connectivity index (χ1) is 17.5. The summed E-state index contributed by atoms with van der Waals surface area (Å²) < 4.78 is 0. The van der Waals surface area contributed by atoms with Gasteiger partial charge in [0.05, 0.1) is 29.9 Å². The van der Waals surface area contributed by atoms with Gasteiger partial charge in [-0.3, -0.25) is 14.6 Å². The molecule has 36 heavy (non-hydrogen) atoms. The van der Waals surface area contributed by atoms with Crippen molar-refractivity contribution in [1.82, 2.24) is 9.80 Å². The van der Waals surface area contributed by atoms with E-state index < -0.39 is 6.04 Å². The number of para-hydroxylation sites is 1. The number of rotatable bonds is 6. The van der Waals surface area contributed by atoms with Gasteiger partial charge in [0.15, 0.2) is 0 Å². The molecular weight excluding hydrogens is 450 g/mol. The van der Waals surface area contributed by atoms with Gasteiger partial charge in [0.1, 0.15) is 6.04 Å². The molecule has 7 heteroatoms. The molecule has 3 aromatic rings. The number of aliphatic imine (C=N–C) groups is 1. The molecule has 2 unspecified atom stereocenters. The zero-order valence-electron chi connectivity index (χ0n) is 19.9. The molecule has 0 saturated carbocycles. The summed E-state index contributed by atoms with van der Waals surface area (Å²) >= 11 is 0. The van der Waals surface area contributed by atoms with Gasteiger partial charge in [0, 0.05) is 31.3 Å². The fourth-order valence-electron chi connectivity index (χ4n) is 4.27. The maximum Gasteiger partial charge on any atom is 0.254 e. The maximum absolute atomic E-state index is 13.1. The molecule has 1 aliphatic rings. The van der Waals surface area contributed by atoms with Gasteiger partial charge in [-0.25, -0.2) is 0 Å². The van der Waals surface area contributed by atoms with Crippen molar-refractivity contribution in [1.29, 1.82) is 10.5 Å². The van der Waals surface area contributed by atoms with Crippen molar-refractivity contribution in [3.63, 3.8) is 0 Å². The van der Waals surface area contributed by atoms with E-state index >= 15 is 0 Å². The molecule has 0 spiro atoms. The summed E-state index contributed by atoms with van der Waals surface area (Å²) in [5, 5.41) is 18.8. The Bertz CT molecular complexity index is 1370. The standard InChI is InChI=1S/C29H25N5O2/c1-33(29(36)25-10-6-9-24(15-25)23-8-5-7-21(13-23)16-30)20-28(35)34-19-22(14-27(34)17-31)18-32-26-11-3-2-4-12-26/h2-13,15,18,22,27H,14,19-20H2,1H3. The number of nitrogens with zero attached hydrogens (tertiary/aromatic N) is 5. The number of benzene rings is 3. The zero-order valence-corrected chi connectivity index (χ0v) is 19.9. The van der Waals surface area contributed by atoms with Crippen LogP contribution in [0.25, 0.3) is 11.1 Å². The van der Waals surface area contributed by atoms with E-state index in [0.29, 0.717) is 24.1 Å². The zero-order chi connectivity index (χ0) is 25.5. The van der Waals surface area contributed by atoms with Crippen LogP contribution in [0.3, 0.4) is 0 Å². The van der Waals surface area contributed by atoms with Gasteiger partial charge < -0.3 is 9.80 Å². The van der Waals surface area contributed by atoms with Crippen molar-refractivity contribution in [2.24, 2.45) is 10.9 Å². The van der Waals surface area contributed by atoms with Crippen LogP contribution in [0.5, 0.6) is 0 Å². The van der Waals surface area contributed by atoms with Gasteiger partial charge in [-0.15, -0.1) is 0 Å². The monoisotopic (exact) mass is 475 g/mol. The number of likely N-dealkylation sites (N-methyl/N-ethyl adjacent to an activating group) is 1. The van der Waals surface area contributed by atoms with E-state index in [4.69, 9.17) is 5.26 Å². The summed E-state index contributed by atoms with van der Waals surface area (Å²) in [5.41, 5.74) is 3.44. The van der Waals surface area contributed by atoms with Crippen LogP contribution in [-0.4, -0.2) is 54.0 Å². The molecule has 178 valence electrons. The average molecular weight is 476 g/mol. The Morgan fingerprint density at radius 1 is 1.03 bits per heavy atom. The molecule has 0 N–H and O–H groups in total. The minimum absolute atomic E-state index is 0.0272. The molecule has 2 atom stereocenters. The predicted molar refractivity (Wildman–Crippen MR) is 137 cm³/mol. The molecule has 0 radical (unpaired) electrons. The number of carbonyl (C=O) groups excluding carboxylic acids is 2. The summed E-state index contributed by atoms with van der Waals surface area (Å²) in [6, 6.07) is 27.6. The lowest BCUT2D eigenvalue weighted by Crippen LogP contribution is -2.43.